The van der Waals surface area contributed by atoms with Gasteiger partial charge in [0.05, 0.1) is 0 Å². The number of nitrogens with one attached hydrogen (secondary N) is 2. The third-order valence-corrected chi connectivity index (χ3v) is 3.96. The second kappa shape index (κ2) is 5.14. The molecular formula is C15H14ClN5O. The second-order valence-corrected chi connectivity index (χ2v) is 5.90. The van der Waals surface area contributed by atoms with Crippen molar-refractivity contribution in [3.05, 3.63) is 28.5 Å². The molecule has 6 nitrogen and oxygen atoms in total. The summed E-state index contributed by atoms with van der Waals surface area (Å²) >= 11 is 5.86. The predicted octanol–water partition coefficient (Wildman–Crippen LogP) is 3.24. The maximum absolute atomic E-state index is 9.96. The molecule has 1 fully saturated rings. The SMILES string of the molecule is Oc1nc(NCC2CC2)[nH]c1/C=C1\C=Nc2nc(Cl)ccc21. The Morgan fingerprint density at radius 3 is 3.05 bits per heavy atom. The van der Waals surface area contributed by atoms with Crippen LogP contribution >= 0.6 is 11.6 Å². The van der Waals surface area contributed by atoms with Crippen molar-refractivity contribution in [2.45, 2.75) is 12.8 Å². The number of hydrogen-bond acceptors (Lipinski definition) is 5. The Morgan fingerprint density at radius 1 is 1.36 bits per heavy atom. The molecule has 2 aromatic rings. The maximum atomic E-state index is 9.96. The van der Waals surface area contributed by atoms with Crippen LogP contribution in [0.4, 0.5) is 11.8 Å². The van der Waals surface area contributed by atoms with Gasteiger partial charge in [-0.2, -0.15) is 4.98 Å². The Kier molecular flexibility index (Phi) is 3.11. The normalized spacial score (nSPS) is 18.0. The number of aromatic amines is 1. The van der Waals surface area contributed by atoms with Crippen LogP contribution in [0.2, 0.25) is 5.15 Å². The Balaban J connectivity index is 1.59. The van der Waals surface area contributed by atoms with Crippen LogP contribution in [0.25, 0.3) is 11.6 Å². The average molecular weight is 316 g/mol. The molecule has 0 amide bonds. The van der Waals surface area contributed by atoms with Crippen molar-refractivity contribution in [1.82, 2.24) is 15.0 Å². The van der Waals surface area contributed by atoms with Gasteiger partial charge in [0.1, 0.15) is 10.8 Å². The van der Waals surface area contributed by atoms with Crippen LogP contribution in [-0.2, 0) is 0 Å². The minimum Gasteiger partial charge on any atom is -0.492 e. The smallest absolute Gasteiger partial charge is 0.238 e. The van der Waals surface area contributed by atoms with E-state index < -0.39 is 0 Å². The molecule has 0 spiro atoms. The van der Waals surface area contributed by atoms with E-state index in [1.807, 2.05) is 6.07 Å². The highest BCUT2D eigenvalue weighted by Crippen LogP contribution is 2.33. The van der Waals surface area contributed by atoms with E-state index in [-0.39, 0.29) is 5.88 Å². The van der Waals surface area contributed by atoms with Gasteiger partial charge in [0.25, 0.3) is 0 Å². The zero-order valence-corrected chi connectivity index (χ0v) is 12.4. The monoisotopic (exact) mass is 315 g/mol. The number of imidazole rings is 1. The highest BCUT2D eigenvalue weighted by atomic mass is 35.5. The molecule has 0 saturated heterocycles. The summed E-state index contributed by atoms with van der Waals surface area (Å²) in [6.07, 6.45) is 6.03. The summed E-state index contributed by atoms with van der Waals surface area (Å²) in [5.74, 6) is 1.87. The first-order chi connectivity index (χ1) is 10.7. The predicted molar refractivity (Wildman–Crippen MR) is 86.7 cm³/mol. The number of H-pyrrole nitrogens is 1. The van der Waals surface area contributed by atoms with Gasteiger partial charge < -0.3 is 15.4 Å². The number of aromatic nitrogens is 3. The molecule has 22 heavy (non-hydrogen) atoms. The fourth-order valence-corrected chi connectivity index (χ4v) is 2.49. The molecule has 0 aromatic carbocycles. The minimum atomic E-state index is -0.0328. The molecule has 2 aromatic heterocycles. The molecule has 0 bridgehead atoms. The first-order valence-electron chi connectivity index (χ1n) is 7.14. The Labute approximate surface area is 132 Å². The van der Waals surface area contributed by atoms with Gasteiger partial charge in [-0.3, -0.25) is 0 Å². The highest BCUT2D eigenvalue weighted by Gasteiger charge is 2.21. The van der Waals surface area contributed by atoms with Crippen LogP contribution in [0.15, 0.2) is 17.1 Å². The number of pyridine rings is 1. The largest absolute Gasteiger partial charge is 0.492 e. The second-order valence-electron chi connectivity index (χ2n) is 5.51. The van der Waals surface area contributed by atoms with Crippen molar-refractivity contribution in [3.8, 4) is 5.88 Å². The van der Waals surface area contributed by atoms with E-state index in [1.165, 1.54) is 12.8 Å². The zero-order chi connectivity index (χ0) is 15.1. The lowest BCUT2D eigenvalue weighted by molar-refractivity contribution is 0.455. The highest BCUT2D eigenvalue weighted by molar-refractivity contribution is 6.30. The molecule has 3 heterocycles. The molecule has 0 unspecified atom stereocenters. The Hall–Kier alpha value is -2.34. The van der Waals surface area contributed by atoms with Crippen LogP contribution < -0.4 is 5.32 Å². The number of fused-ring (bicyclic) bond motifs is 1. The number of halogens is 1. The Bertz CT molecular complexity index is 791. The quantitative estimate of drug-likeness (QED) is 0.756. The van der Waals surface area contributed by atoms with Crippen molar-refractivity contribution in [3.63, 3.8) is 0 Å². The van der Waals surface area contributed by atoms with E-state index in [9.17, 15) is 5.11 Å². The summed E-state index contributed by atoms with van der Waals surface area (Å²) in [7, 11) is 0. The van der Waals surface area contributed by atoms with E-state index in [4.69, 9.17) is 11.6 Å². The first kappa shape index (κ1) is 13.3. The van der Waals surface area contributed by atoms with Crippen LogP contribution in [0, 0.1) is 5.92 Å². The average Bonchev–Trinajstić information content (AvgIpc) is 3.16. The number of aromatic hydroxyl groups is 1. The van der Waals surface area contributed by atoms with Crippen LogP contribution in [0.1, 0.15) is 24.1 Å². The Morgan fingerprint density at radius 2 is 2.23 bits per heavy atom. The standard InChI is InChI=1S/C15H14ClN5O/c16-12-4-3-10-9(7-17-13(10)20-12)5-11-14(22)21-15(19-11)18-6-8-1-2-8/h3-5,7-8,22H,1-2,6H2,(H2,18,19,21)/b9-5+. The van der Waals surface area contributed by atoms with E-state index in [0.29, 0.717) is 22.6 Å². The lowest BCUT2D eigenvalue weighted by Gasteiger charge is -1.99. The lowest BCUT2D eigenvalue weighted by atomic mass is 10.1. The van der Waals surface area contributed by atoms with Crippen molar-refractivity contribution in [1.29, 1.82) is 0 Å². The third-order valence-electron chi connectivity index (χ3n) is 3.74. The van der Waals surface area contributed by atoms with Gasteiger partial charge in [-0.1, -0.05) is 11.6 Å². The van der Waals surface area contributed by atoms with Crippen molar-refractivity contribution < 1.29 is 5.11 Å². The van der Waals surface area contributed by atoms with Crippen molar-refractivity contribution in [2.75, 3.05) is 11.9 Å². The number of allylic oxidation sites excluding steroid dienone is 1. The number of anilines is 1. The summed E-state index contributed by atoms with van der Waals surface area (Å²) in [6.45, 7) is 0.885. The van der Waals surface area contributed by atoms with Crippen LogP contribution in [0.5, 0.6) is 5.88 Å². The third kappa shape index (κ3) is 2.57. The van der Waals surface area contributed by atoms with Gasteiger partial charge in [0.2, 0.25) is 11.8 Å². The number of hydrogen-bond donors (Lipinski definition) is 3. The van der Waals surface area contributed by atoms with E-state index in [2.05, 4.69) is 25.3 Å². The van der Waals surface area contributed by atoms with Gasteiger partial charge >= 0.3 is 0 Å². The minimum absolute atomic E-state index is 0.0328. The summed E-state index contributed by atoms with van der Waals surface area (Å²) in [5, 5.41) is 13.6. The summed E-state index contributed by atoms with van der Waals surface area (Å²) in [4.78, 5) is 15.5. The van der Waals surface area contributed by atoms with E-state index in [1.54, 1.807) is 18.4 Å². The molecule has 1 saturated carbocycles. The van der Waals surface area contributed by atoms with Gasteiger partial charge in [-0.25, -0.2) is 9.98 Å². The molecule has 2 aliphatic rings. The molecule has 3 N–H and O–H groups in total. The summed E-state index contributed by atoms with van der Waals surface area (Å²) in [5.41, 5.74) is 2.28. The van der Waals surface area contributed by atoms with E-state index in [0.717, 1.165) is 23.6 Å². The molecule has 4 rings (SSSR count). The number of nitrogens with zero attached hydrogens (tertiary/aromatic N) is 3. The van der Waals surface area contributed by atoms with Gasteiger partial charge in [-0.15, -0.1) is 0 Å². The van der Waals surface area contributed by atoms with E-state index >= 15 is 0 Å². The summed E-state index contributed by atoms with van der Waals surface area (Å²) in [6, 6.07) is 3.58. The molecule has 7 heteroatoms. The molecule has 0 atom stereocenters. The zero-order valence-electron chi connectivity index (χ0n) is 11.7. The van der Waals surface area contributed by atoms with Crippen LogP contribution in [-0.4, -0.2) is 32.8 Å². The van der Waals surface area contributed by atoms with Crippen molar-refractivity contribution in [2.24, 2.45) is 10.9 Å². The summed E-state index contributed by atoms with van der Waals surface area (Å²) < 4.78 is 0. The van der Waals surface area contributed by atoms with Crippen LogP contribution in [0.3, 0.4) is 0 Å². The lowest BCUT2D eigenvalue weighted by Crippen LogP contribution is -2.04. The maximum Gasteiger partial charge on any atom is 0.238 e. The molecule has 112 valence electrons. The number of aliphatic imine (C=N–C) groups is 1. The molecular weight excluding hydrogens is 302 g/mol. The molecule has 1 aliphatic heterocycles. The molecule has 0 radical (unpaired) electrons. The van der Waals surface area contributed by atoms with Crippen molar-refractivity contribution >= 4 is 41.2 Å². The first-order valence-corrected chi connectivity index (χ1v) is 7.52. The topological polar surface area (TPSA) is 86.2 Å². The fourth-order valence-electron chi connectivity index (χ4n) is 2.34. The number of rotatable bonds is 4. The fraction of sp³-hybridized carbons (Fsp3) is 0.267. The van der Waals surface area contributed by atoms with Gasteiger partial charge in [-0.05, 0) is 37.0 Å². The van der Waals surface area contributed by atoms with Gasteiger partial charge in [0, 0.05) is 23.9 Å². The molecule has 1 aliphatic carbocycles. The van der Waals surface area contributed by atoms with Gasteiger partial charge in [0.15, 0.2) is 5.82 Å².